The number of ether oxygens (including phenoxy) is 1. The highest BCUT2D eigenvalue weighted by molar-refractivity contribution is 8.00. The molecule has 0 spiro atoms. The summed E-state index contributed by atoms with van der Waals surface area (Å²) in [6, 6.07) is 16.3. The third kappa shape index (κ3) is 6.90. The zero-order valence-electron chi connectivity index (χ0n) is 17.2. The van der Waals surface area contributed by atoms with Crippen LogP contribution in [0.5, 0.6) is 5.75 Å². The summed E-state index contributed by atoms with van der Waals surface area (Å²) in [7, 11) is 1.52. The minimum atomic E-state index is -4.54. The molecule has 2 amide bonds. The van der Waals surface area contributed by atoms with Gasteiger partial charge in [0, 0.05) is 16.1 Å². The lowest BCUT2D eigenvalue weighted by Gasteiger charge is -2.11. The van der Waals surface area contributed by atoms with Crippen LogP contribution in [0, 0.1) is 0 Å². The molecule has 10 heteroatoms. The molecule has 33 heavy (non-hydrogen) atoms. The average molecular weight is 495 g/mol. The van der Waals surface area contributed by atoms with Crippen LogP contribution in [-0.2, 0) is 11.0 Å². The van der Waals surface area contributed by atoms with Crippen LogP contribution in [0.1, 0.15) is 15.9 Å². The lowest BCUT2D eigenvalue weighted by Crippen LogP contribution is -2.15. The predicted molar refractivity (Wildman–Crippen MR) is 123 cm³/mol. The Balaban J connectivity index is 1.55. The number of rotatable bonds is 7. The molecular weight excluding hydrogens is 477 g/mol. The van der Waals surface area contributed by atoms with Crippen molar-refractivity contribution in [2.45, 2.75) is 11.1 Å². The third-order valence-corrected chi connectivity index (χ3v) is 5.72. The Morgan fingerprint density at radius 1 is 1.00 bits per heavy atom. The Morgan fingerprint density at radius 2 is 1.73 bits per heavy atom. The number of hydrogen-bond acceptors (Lipinski definition) is 4. The van der Waals surface area contributed by atoms with Crippen LogP contribution in [-0.4, -0.2) is 24.7 Å². The monoisotopic (exact) mass is 494 g/mol. The molecule has 0 aliphatic heterocycles. The molecule has 0 saturated carbocycles. The molecule has 0 fully saturated rings. The van der Waals surface area contributed by atoms with Crippen LogP contribution in [0.15, 0.2) is 71.6 Å². The van der Waals surface area contributed by atoms with Gasteiger partial charge in [-0.15, -0.1) is 11.8 Å². The average Bonchev–Trinajstić information content (AvgIpc) is 2.79. The van der Waals surface area contributed by atoms with Crippen molar-refractivity contribution in [1.82, 2.24) is 0 Å². The van der Waals surface area contributed by atoms with Crippen molar-refractivity contribution in [3.63, 3.8) is 0 Å². The summed E-state index contributed by atoms with van der Waals surface area (Å²) in [6.45, 7) is 0. The van der Waals surface area contributed by atoms with E-state index in [2.05, 4.69) is 10.6 Å². The number of carbonyl (C=O) groups is 2. The quantitative estimate of drug-likeness (QED) is 0.375. The number of amides is 2. The van der Waals surface area contributed by atoms with E-state index in [1.165, 1.54) is 18.9 Å². The summed E-state index contributed by atoms with van der Waals surface area (Å²) in [5.41, 5.74) is -0.000718. The molecule has 5 nitrogen and oxygen atoms in total. The topological polar surface area (TPSA) is 67.4 Å². The Kier molecular flexibility index (Phi) is 7.88. The van der Waals surface area contributed by atoms with Crippen LogP contribution in [0.3, 0.4) is 0 Å². The first-order valence-corrected chi connectivity index (χ1v) is 10.9. The van der Waals surface area contributed by atoms with Crippen LogP contribution in [0.2, 0.25) is 5.02 Å². The van der Waals surface area contributed by atoms with Crippen molar-refractivity contribution in [3.8, 4) is 5.75 Å². The Hall–Kier alpha value is -3.17. The normalized spacial score (nSPS) is 11.1. The number of thioether (sulfide) groups is 1. The van der Waals surface area contributed by atoms with Crippen LogP contribution in [0.25, 0.3) is 0 Å². The highest BCUT2D eigenvalue weighted by Crippen LogP contribution is 2.34. The zero-order valence-corrected chi connectivity index (χ0v) is 18.8. The molecule has 0 aliphatic rings. The van der Waals surface area contributed by atoms with Gasteiger partial charge in [-0.2, -0.15) is 13.2 Å². The summed E-state index contributed by atoms with van der Waals surface area (Å²) in [5.74, 6) is -0.274. The van der Waals surface area contributed by atoms with E-state index in [1.807, 2.05) is 0 Å². The third-order valence-electron chi connectivity index (χ3n) is 4.38. The molecule has 3 rings (SSSR count). The van der Waals surface area contributed by atoms with Gasteiger partial charge in [0.25, 0.3) is 5.91 Å². The molecule has 3 aromatic rings. The van der Waals surface area contributed by atoms with Crippen LogP contribution in [0.4, 0.5) is 24.5 Å². The molecule has 0 aromatic heterocycles. The van der Waals surface area contributed by atoms with Gasteiger partial charge in [-0.05, 0) is 60.7 Å². The predicted octanol–water partition coefficient (Wildman–Crippen LogP) is 6.35. The Bertz CT molecular complexity index is 1150. The first-order valence-electron chi connectivity index (χ1n) is 9.50. The van der Waals surface area contributed by atoms with Gasteiger partial charge in [0.05, 0.1) is 29.1 Å². The second-order valence-corrected chi connectivity index (χ2v) is 8.20. The number of hydrogen-bond donors (Lipinski definition) is 2. The summed E-state index contributed by atoms with van der Waals surface area (Å²) in [5, 5.41) is 5.18. The maximum Gasteiger partial charge on any atom is 0.416 e. The van der Waals surface area contributed by atoms with Crippen molar-refractivity contribution in [2.24, 2.45) is 0 Å². The highest BCUT2D eigenvalue weighted by atomic mass is 35.5. The van der Waals surface area contributed by atoms with Crippen LogP contribution < -0.4 is 15.4 Å². The largest absolute Gasteiger partial charge is 0.497 e. The number of anilines is 2. The van der Waals surface area contributed by atoms with E-state index in [0.29, 0.717) is 17.0 Å². The molecule has 172 valence electrons. The maximum absolute atomic E-state index is 12.9. The van der Waals surface area contributed by atoms with E-state index in [0.717, 1.165) is 23.1 Å². The molecule has 0 aliphatic carbocycles. The number of methoxy groups -OCH3 is 1. The van der Waals surface area contributed by atoms with Gasteiger partial charge >= 0.3 is 6.18 Å². The molecule has 0 heterocycles. The fraction of sp³-hybridized carbons (Fsp3) is 0.130. The first-order chi connectivity index (χ1) is 15.7. The van der Waals surface area contributed by atoms with E-state index in [-0.39, 0.29) is 22.4 Å². The highest BCUT2D eigenvalue weighted by Gasteiger charge is 2.31. The summed E-state index contributed by atoms with van der Waals surface area (Å²) in [6.07, 6.45) is -4.54. The van der Waals surface area contributed by atoms with Gasteiger partial charge in [-0.1, -0.05) is 17.7 Å². The second-order valence-electron chi connectivity index (χ2n) is 6.74. The molecule has 0 unspecified atom stereocenters. The van der Waals surface area contributed by atoms with Gasteiger partial charge in [0.15, 0.2) is 0 Å². The smallest absolute Gasteiger partial charge is 0.416 e. The summed E-state index contributed by atoms with van der Waals surface area (Å²) >= 11 is 7.08. The van der Waals surface area contributed by atoms with E-state index < -0.39 is 17.6 Å². The van der Waals surface area contributed by atoms with Crippen molar-refractivity contribution in [2.75, 3.05) is 23.5 Å². The first kappa shape index (κ1) is 24.5. The van der Waals surface area contributed by atoms with Gasteiger partial charge in [0.1, 0.15) is 5.75 Å². The van der Waals surface area contributed by atoms with Gasteiger partial charge < -0.3 is 15.4 Å². The Labute approximate surface area is 197 Å². The SMILES string of the molecule is COc1cccc(C(=O)Nc2ccc(SCC(=O)Nc3cc(C(F)(F)F)ccc3Cl)cc2)c1. The zero-order chi connectivity index (χ0) is 24.0. The molecule has 0 radical (unpaired) electrons. The molecular formula is C23H18ClF3N2O3S. The van der Waals surface area contributed by atoms with E-state index >= 15 is 0 Å². The minimum Gasteiger partial charge on any atom is -0.497 e. The van der Waals surface area contributed by atoms with E-state index in [1.54, 1.807) is 48.5 Å². The number of benzene rings is 3. The number of carbonyl (C=O) groups excluding carboxylic acids is 2. The van der Waals surface area contributed by atoms with Gasteiger partial charge in [-0.25, -0.2) is 0 Å². The lowest BCUT2D eigenvalue weighted by atomic mass is 10.2. The van der Waals surface area contributed by atoms with E-state index in [9.17, 15) is 22.8 Å². The molecule has 0 saturated heterocycles. The number of nitrogens with one attached hydrogen (secondary N) is 2. The summed E-state index contributed by atoms with van der Waals surface area (Å²) in [4.78, 5) is 25.3. The number of halogens is 4. The van der Waals surface area contributed by atoms with Gasteiger partial charge in [-0.3, -0.25) is 9.59 Å². The van der Waals surface area contributed by atoms with Crippen molar-refractivity contribution in [1.29, 1.82) is 0 Å². The van der Waals surface area contributed by atoms with E-state index in [4.69, 9.17) is 16.3 Å². The van der Waals surface area contributed by atoms with Crippen molar-refractivity contribution < 1.29 is 27.5 Å². The van der Waals surface area contributed by atoms with Crippen molar-refractivity contribution in [3.05, 3.63) is 82.9 Å². The molecule has 0 atom stereocenters. The number of alkyl halides is 3. The fourth-order valence-electron chi connectivity index (χ4n) is 2.73. The molecule has 2 N–H and O–H groups in total. The molecule has 0 bridgehead atoms. The Morgan fingerprint density at radius 3 is 2.39 bits per heavy atom. The maximum atomic E-state index is 12.9. The second kappa shape index (κ2) is 10.6. The van der Waals surface area contributed by atoms with Gasteiger partial charge in [0.2, 0.25) is 5.91 Å². The van der Waals surface area contributed by atoms with Crippen LogP contribution >= 0.6 is 23.4 Å². The van der Waals surface area contributed by atoms with Crippen molar-refractivity contribution >= 4 is 46.6 Å². The summed E-state index contributed by atoms with van der Waals surface area (Å²) < 4.78 is 43.7. The molecule has 3 aromatic carbocycles. The standard InChI is InChI=1S/C23H18ClF3N2O3S/c1-32-17-4-2-3-14(11-17)22(31)28-16-6-8-18(9-7-16)33-13-21(30)29-20-12-15(23(25,26)27)5-10-19(20)24/h2-12H,13H2,1H3,(H,28,31)(H,29,30). The minimum absolute atomic E-state index is 0.0116. The lowest BCUT2D eigenvalue weighted by molar-refractivity contribution is -0.137. The fourth-order valence-corrected chi connectivity index (χ4v) is 3.60.